The molecular formula is C14H14Cl2N2O2. The zero-order valence-corrected chi connectivity index (χ0v) is 12.4. The van der Waals surface area contributed by atoms with Crippen molar-refractivity contribution in [3.63, 3.8) is 0 Å². The van der Waals surface area contributed by atoms with Gasteiger partial charge in [-0.2, -0.15) is 0 Å². The maximum absolute atomic E-state index is 12.1. The Morgan fingerprint density at radius 2 is 2.00 bits per heavy atom. The van der Waals surface area contributed by atoms with Crippen LogP contribution in [0.25, 0.3) is 0 Å². The molecule has 0 fully saturated rings. The van der Waals surface area contributed by atoms with E-state index in [-0.39, 0.29) is 12.5 Å². The van der Waals surface area contributed by atoms with Crippen molar-refractivity contribution in [2.75, 3.05) is 0 Å². The molecule has 2 rings (SSSR count). The monoisotopic (exact) mass is 312 g/mol. The molecule has 1 aromatic carbocycles. The van der Waals surface area contributed by atoms with Crippen molar-refractivity contribution in [2.24, 2.45) is 7.05 Å². The summed E-state index contributed by atoms with van der Waals surface area (Å²) in [6, 6.07) is 8.91. The first-order valence-corrected chi connectivity index (χ1v) is 6.76. The Morgan fingerprint density at radius 3 is 2.60 bits per heavy atom. The highest BCUT2D eigenvalue weighted by molar-refractivity contribution is 6.41. The average molecular weight is 313 g/mol. The molecule has 0 aliphatic heterocycles. The number of amides is 1. The van der Waals surface area contributed by atoms with Gasteiger partial charge in [0, 0.05) is 13.6 Å². The van der Waals surface area contributed by atoms with Gasteiger partial charge in [0.15, 0.2) is 0 Å². The zero-order chi connectivity index (χ0) is 14.7. The number of hydrogen-bond acceptors (Lipinski definition) is 2. The molecule has 106 valence electrons. The molecule has 0 spiro atoms. The highest BCUT2D eigenvalue weighted by Gasteiger charge is 2.15. The molecular weight excluding hydrogens is 299 g/mol. The van der Waals surface area contributed by atoms with E-state index in [1.807, 2.05) is 24.3 Å². The summed E-state index contributed by atoms with van der Waals surface area (Å²) in [4.78, 5) is 12.1. The lowest BCUT2D eigenvalue weighted by Crippen LogP contribution is -2.24. The van der Waals surface area contributed by atoms with Gasteiger partial charge in [-0.3, -0.25) is 4.79 Å². The molecule has 0 bridgehead atoms. The predicted molar refractivity (Wildman–Crippen MR) is 79.0 cm³/mol. The molecule has 1 aromatic heterocycles. The minimum Gasteiger partial charge on any atom is -0.392 e. The molecule has 1 heterocycles. The van der Waals surface area contributed by atoms with Gasteiger partial charge in [0.2, 0.25) is 0 Å². The zero-order valence-electron chi connectivity index (χ0n) is 10.9. The SMILES string of the molecule is Cn1c(C(=O)NCc2cccc(CO)c2)cc(Cl)c1Cl. The Bertz CT molecular complexity index is 638. The van der Waals surface area contributed by atoms with E-state index >= 15 is 0 Å². The number of nitrogens with zero attached hydrogens (tertiary/aromatic N) is 1. The Labute approximate surface area is 126 Å². The Balaban J connectivity index is 2.06. The lowest BCUT2D eigenvalue weighted by atomic mass is 10.1. The smallest absolute Gasteiger partial charge is 0.268 e. The Morgan fingerprint density at radius 1 is 1.30 bits per heavy atom. The van der Waals surface area contributed by atoms with Crippen LogP contribution in [0.2, 0.25) is 10.2 Å². The number of aromatic nitrogens is 1. The van der Waals surface area contributed by atoms with Gasteiger partial charge < -0.3 is 15.0 Å². The number of benzene rings is 1. The fourth-order valence-electron chi connectivity index (χ4n) is 1.87. The van der Waals surface area contributed by atoms with Crippen LogP contribution in [-0.4, -0.2) is 15.6 Å². The van der Waals surface area contributed by atoms with Gasteiger partial charge in [0.05, 0.1) is 11.6 Å². The van der Waals surface area contributed by atoms with Crippen LogP contribution in [0.4, 0.5) is 0 Å². The van der Waals surface area contributed by atoms with E-state index in [0.717, 1.165) is 11.1 Å². The molecule has 0 aliphatic carbocycles. The predicted octanol–water partition coefficient (Wildman–Crippen LogP) is 2.75. The summed E-state index contributed by atoms with van der Waals surface area (Å²) in [5.41, 5.74) is 2.12. The quantitative estimate of drug-likeness (QED) is 0.912. The second kappa shape index (κ2) is 6.31. The molecule has 20 heavy (non-hydrogen) atoms. The third-order valence-corrected chi connectivity index (χ3v) is 3.82. The number of halogens is 2. The number of nitrogens with one attached hydrogen (secondary N) is 1. The van der Waals surface area contributed by atoms with E-state index in [9.17, 15) is 4.79 Å². The van der Waals surface area contributed by atoms with Gasteiger partial charge in [0.1, 0.15) is 10.8 Å². The van der Waals surface area contributed by atoms with E-state index in [1.54, 1.807) is 7.05 Å². The number of carbonyl (C=O) groups is 1. The van der Waals surface area contributed by atoms with Crippen LogP contribution in [0.1, 0.15) is 21.6 Å². The van der Waals surface area contributed by atoms with E-state index in [2.05, 4.69) is 5.32 Å². The minimum atomic E-state index is -0.254. The Hall–Kier alpha value is -1.49. The van der Waals surface area contributed by atoms with Crippen molar-refractivity contribution in [3.8, 4) is 0 Å². The van der Waals surface area contributed by atoms with Crippen LogP contribution in [0.5, 0.6) is 0 Å². The van der Waals surface area contributed by atoms with Gasteiger partial charge in [-0.25, -0.2) is 0 Å². The molecule has 4 nitrogen and oxygen atoms in total. The second-order valence-corrected chi connectivity index (χ2v) is 5.15. The maximum atomic E-state index is 12.1. The van der Waals surface area contributed by atoms with Crippen molar-refractivity contribution in [1.82, 2.24) is 9.88 Å². The minimum absolute atomic E-state index is 0.0230. The third-order valence-electron chi connectivity index (χ3n) is 2.98. The van der Waals surface area contributed by atoms with Gasteiger partial charge in [0.25, 0.3) is 5.91 Å². The average Bonchev–Trinajstić information content (AvgIpc) is 2.72. The summed E-state index contributed by atoms with van der Waals surface area (Å²) in [5.74, 6) is -0.254. The number of hydrogen-bond donors (Lipinski definition) is 2. The van der Waals surface area contributed by atoms with Crippen molar-refractivity contribution in [3.05, 3.63) is 57.3 Å². The van der Waals surface area contributed by atoms with Gasteiger partial charge in [-0.1, -0.05) is 47.5 Å². The first-order chi connectivity index (χ1) is 9.52. The van der Waals surface area contributed by atoms with Crippen LogP contribution in [0.3, 0.4) is 0 Å². The topological polar surface area (TPSA) is 54.3 Å². The molecule has 1 amide bonds. The molecule has 0 aliphatic rings. The summed E-state index contributed by atoms with van der Waals surface area (Å²) in [7, 11) is 1.68. The van der Waals surface area contributed by atoms with Gasteiger partial charge in [-0.05, 0) is 17.2 Å². The summed E-state index contributed by atoms with van der Waals surface area (Å²) in [5, 5.41) is 12.5. The van der Waals surface area contributed by atoms with Crippen molar-refractivity contribution >= 4 is 29.1 Å². The number of rotatable bonds is 4. The van der Waals surface area contributed by atoms with Gasteiger partial charge >= 0.3 is 0 Å². The molecule has 0 unspecified atom stereocenters. The lowest BCUT2D eigenvalue weighted by molar-refractivity contribution is 0.0943. The highest BCUT2D eigenvalue weighted by Crippen LogP contribution is 2.25. The molecule has 0 radical (unpaired) electrons. The second-order valence-electron chi connectivity index (χ2n) is 4.39. The number of aliphatic hydroxyl groups is 1. The summed E-state index contributed by atoms with van der Waals surface area (Å²) in [6.45, 7) is 0.345. The molecule has 0 saturated heterocycles. The van der Waals surface area contributed by atoms with Gasteiger partial charge in [-0.15, -0.1) is 0 Å². The fourth-order valence-corrected chi connectivity index (χ4v) is 2.25. The van der Waals surface area contributed by atoms with Crippen LogP contribution in [0, 0.1) is 0 Å². The van der Waals surface area contributed by atoms with E-state index < -0.39 is 0 Å². The normalized spacial score (nSPS) is 10.6. The highest BCUT2D eigenvalue weighted by atomic mass is 35.5. The van der Waals surface area contributed by atoms with Crippen molar-refractivity contribution < 1.29 is 9.90 Å². The van der Waals surface area contributed by atoms with Crippen molar-refractivity contribution in [2.45, 2.75) is 13.2 Å². The number of carbonyl (C=O) groups excluding carboxylic acids is 1. The molecule has 0 atom stereocenters. The standard InChI is InChI=1S/C14H14Cl2N2O2/c1-18-12(6-11(15)13(18)16)14(20)17-7-9-3-2-4-10(5-9)8-19/h2-6,19H,7-8H2,1H3,(H,17,20). The first kappa shape index (κ1) is 14.9. The van der Waals surface area contributed by atoms with E-state index in [4.69, 9.17) is 28.3 Å². The fraction of sp³-hybridized carbons (Fsp3) is 0.214. The van der Waals surface area contributed by atoms with Crippen LogP contribution < -0.4 is 5.32 Å². The first-order valence-electron chi connectivity index (χ1n) is 6.00. The maximum Gasteiger partial charge on any atom is 0.268 e. The van der Waals surface area contributed by atoms with Crippen LogP contribution in [0.15, 0.2) is 30.3 Å². The van der Waals surface area contributed by atoms with Crippen molar-refractivity contribution in [1.29, 1.82) is 0 Å². The lowest BCUT2D eigenvalue weighted by Gasteiger charge is -2.07. The number of aliphatic hydroxyl groups excluding tert-OH is 1. The molecule has 0 saturated carbocycles. The molecule has 2 N–H and O–H groups in total. The summed E-state index contributed by atoms with van der Waals surface area (Å²) >= 11 is 11.8. The molecule has 2 aromatic rings. The van der Waals surface area contributed by atoms with E-state index in [0.29, 0.717) is 22.4 Å². The van der Waals surface area contributed by atoms with Crippen LogP contribution in [-0.2, 0) is 20.2 Å². The largest absolute Gasteiger partial charge is 0.392 e. The third kappa shape index (κ3) is 3.15. The Kier molecular flexibility index (Phi) is 4.70. The molecule has 6 heteroatoms. The summed E-state index contributed by atoms with van der Waals surface area (Å²) < 4.78 is 1.53. The van der Waals surface area contributed by atoms with Crippen LogP contribution >= 0.6 is 23.2 Å². The summed E-state index contributed by atoms with van der Waals surface area (Å²) in [6.07, 6.45) is 0. The van der Waals surface area contributed by atoms with E-state index in [1.165, 1.54) is 10.6 Å².